The van der Waals surface area contributed by atoms with Gasteiger partial charge in [-0.3, -0.25) is 4.79 Å². The zero-order valence-electron chi connectivity index (χ0n) is 11.5. The van der Waals surface area contributed by atoms with Crippen LogP contribution in [0.15, 0.2) is 47.7 Å². The van der Waals surface area contributed by atoms with Crippen molar-refractivity contribution < 1.29 is 9.53 Å². The molecule has 0 fully saturated rings. The fraction of sp³-hybridized carbons (Fsp3) is 0.143. The predicted molar refractivity (Wildman–Crippen MR) is 77.6 cm³/mol. The Morgan fingerprint density at radius 1 is 1.36 bits per heavy atom. The van der Waals surface area contributed by atoms with Crippen LogP contribution in [0, 0.1) is 0 Å². The van der Waals surface area contributed by atoms with Gasteiger partial charge in [-0.25, -0.2) is 14.5 Å². The van der Waals surface area contributed by atoms with Gasteiger partial charge in [-0.2, -0.15) is 5.10 Å². The first-order chi connectivity index (χ1) is 10.7. The van der Waals surface area contributed by atoms with Crippen LogP contribution in [0.4, 0.5) is 0 Å². The molecular formula is C14H13N5O3. The molecule has 0 saturated carbocycles. The lowest BCUT2D eigenvalue weighted by Gasteiger charge is -2.11. The average Bonchev–Trinajstić information content (AvgIpc) is 2.97. The van der Waals surface area contributed by atoms with Gasteiger partial charge in [0.05, 0.1) is 12.5 Å². The van der Waals surface area contributed by atoms with Crippen LogP contribution in [-0.2, 0) is 16.3 Å². The van der Waals surface area contributed by atoms with E-state index < -0.39 is 12.0 Å². The standard InChI is InChI=1S/C14H13N5O3/c15-11(9-4-2-1-3-5-9)14(21)22-8-19-12-10(6-18-19)13(20)17-7-16-12/h1-7,11H,8,15H2,(H,16,17,20). The van der Waals surface area contributed by atoms with Gasteiger partial charge in [0.25, 0.3) is 5.56 Å². The molecule has 1 unspecified atom stereocenters. The van der Waals surface area contributed by atoms with Gasteiger partial charge in [-0.15, -0.1) is 0 Å². The maximum atomic E-state index is 12.0. The van der Waals surface area contributed by atoms with Crippen LogP contribution in [0.3, 0.4) is 0 Å². The molecule has 112 valence electrons. The SMILES string of the molecule is NC(C(=O)OCn1ncc2c(=O)[nH]cnc21)c1ccccc1. The fourth-order valence-corrected chi connectivity index (χ4v) is 2.01. The first kappa shape index (κ1) is 14.0. The smallest absolute Gasteiger partial charge is 0.329 e. The molecule has 3 N–H and O–H groups in total. The van der Waals surface area contributed by atoms with Crippen LogP contribution in [-0.4, -0.2) is 25.7 Å². The van der Waals surface area contributed by atoms with Crippen LogP contribution in [0.5, 0.6) is 0 Å². The number of esters is 1. The van der Waals surface area contributed by atoms with Crippen molar-refractivity contribution in [3.05, 3.63) is 58.8 Å². The van der Waals surface area contributed by atoms with Crippen molar-refractivity contribution in [2.45, 2.75) is 12.8 Å². The number of benzene rings is 1. The molecule has 2 aromatic heterocycles. The first-order valence-electron chi connectivity index (χ1n) is 6.53. The van der Waals surface area contributed by atoms with E-state index in [9.17, 15) is 9.59 Å². The number of carbonyl (C=O) groups excluding carboxylic acids is 1. The molecule has 8 nitrogen and oxygen atoms in total. The highest BCUT2D eigenvalue weighted by atomic mass is 16.5. The van der Waals surface area contributed by atoms with E-state index in [1.165, 1.54) is 17.2 Å². The van der Waals surface area contributed by atoms with Crippen molar-refractivity contribution >= 4 is 17.0 Å². The molecule has 3 rings (SSSR count). The summed E-state index contributed by atoms with van der Waals surface area (Å²) >= 11 is 0. The molecule has 8 heteroatoms. The molecular weight excluding hydrogens is 286 g/mol. The third-order valence-electron chi connectivity index (χ3n) is 3.18. The number of nitrogens with two attached hydrogens (primary N) is 1. The number of hydrogen-bond acceptors (Lipinski definition) is 6. The Hall–Kier alpha value is -3.00. The number of fused-ring (bicyclic) bond motifs is 1. The van der Waals surface area contributed by atoms with Crippen molar-refractivity contribution in [2.75, 3.05) is 0 Å². The Kier molecular flexibility index (Phi) is 3.67. The molecule has 2 heterocycles. The van der Waals surface area contributed by atoms with Gasteiger partial charge >= 0.3 is 5.97 Å². The van der Waals surface area contributed by atoms with Crippen molar-refractivity contribution in [3.63, 3.8) is 0 Å². The predicted octanol–water partition coefficient (Wildman–Crippen LogP) is 0.320. The van der Waals surface area contributed by atoms with E-state index in [2.05, 4.69) is 15.1 Å². The fourth-order valence-electron chi connectivity index (χ4n) is 2.01. The highest BCUT2D eigenvalue weighted by Crippen LogP contribution is 2.12. The summed E-state index contributed by atoms with van der Waals surface area (Å²) in [5, 5.41) is 4.30. The van der Waals surface area contributed by atoms with E-state index in [4.69, 9.17) is 10.5 Å². The summed E-state index contributed by atoms with van der Waals surface area (Å²) < 4.78 is 6.45. The molecule has 1 aromatic carbocycles. The average molecular weight is 299 g/mol. The van der Waals surface area contributed by atoms with E-state index in [-0.39, 0.29) is 12.3 Å². The molecule has 0 radical (unpaired) electrons. The maximum Gasteiger partial charge on any atom is 0.329 e. The lowest BCUT2D eigenvalue weighted by Crippen LogP contribution is -2.24. The van der Waals surface area contributed by atoms with Gasteiger partial charge in [0, 0.05) is 0 Å². The number of aromatic amines is 1. The van der Waals surface area contributed by atoms with Gasteiger partial charge in [0.15, 0.2) is 12.4 Å². The van der Waals surface area contributed by atoms with Gasteiger partial charge in [0.2, 0.25) is 0 Å². The Balaban J connectivity index is 1.73. The molecule has 0 saturated heterocycles. The number of H-pyrrole nitrogens is 1. The van der Waals surface area contributed by atoms with E-state index in [1.807, 2.05) is 6.07 Å². The highest BCUT2D eigenvalue weighted by Gasteiger charge is 2.18. The van der Waals surface area contributed by atoms with Crippen LogP contribution in [0.25, 0.3) is 11.0 Å². The minimum absolute atomic E-state index is 0.167. The van der Waals surface area contributed by atoms with Crippen LogP contribution in [0.1, 0.15) is 11.6 Å². The molecule has 0 spiro atoms. The van der Waals surface area contributed by atoms with Crippen molar-refractivity contribution in [2.24, 2.45) is 5.73 Å². The second-order valence-electron chi connectivity index (χ2n) is 4.59. The molecule has 0 bridgehead atoms. The largest absolute Gasteiger partial charge is 0.441 e. The monoisotopic (exact) mass is 299 g/mol. The lowest BCUT2D eigenvalue weighted by molar-refractivity contribution is -0.149. The zero-order chi connectivity index (χ0) is 15.5. The quantitative estimate of drug-likeness (QED) is 0.670. The summed E-state index contributed by atoms with van der Waals surface area (Å²) in [6, 6.07) is 8.03. The van der Waals surface area contributed by atoms with E-state index >= 15 is 0 Å². The summed E-state index contributed by atoms with van der Waals surface area (Å²) in [5.74, 6) is -0.584. The molecule has 1 atom stereocenters. The summed E-state index contributed by atoms with van der Waals surface area (Å²) in [5.41, 5.74) is 6.54. The van der Waals surface area contributed by atoms with Crippen LogP contribution >= 0.6 is 0 Å². The number of aromatic nitrogens is 4. The number of rotatable bonds is 4. The highest BCUT2D eigenvalue weighted by molar-refractivity contribution is 5.77. The topological polar surface area (TPSA) is 116 Å². The van der Waals surface area contributed by atoms with E-state index in [1.54, 1.807) is 24.3 Å². The number of nitrogens with one attached hydrogen (secondary N) is 1. The summed E-state index contributed by atoms with van der Waals surface area (Å²) in [7, 11) is 0. The van der Waals surface area contributed by atoms with Crippen LogP contribution < -0.4 is 11.3 Å². The van der Waals surface area contributed by atoms with E-state index in [0.29, 0.717) is 16.6 Å². The van der Waals surface area contributed by atoms with Gasteiger partial charge in [-0.1, -0.05) is 30.3 Å². The first-order valence-corrected chi connectivity index (χ1v) is 6.53. The number of nitrogens with zero attached hydrogens (tertiary/aromatic N) is 3. The van der Waals surface area contributed by atoms with Crippen molar-refractivity contribution in [1.82, 2.24) is 19.7 Å². The maximum absolute atomic E-state index is 12.0. The Labute approximate surface area is 124 Å². The van der Waals surface area contributed by atoms with Crippen molar-refractivity contribution in [3.8, 4) is 0 Å². The number of carbonyl (C=O) groups is 1. The molecule has 3 aromatic rings. The van der Waals surface area contributed by atoms with E-state index in [0.717, 1.165) is 0 Å². The minimum atomic E-state index is -0.876. The Bertz CT molecular complexity index is 856. The number of hydrogen-bond donors (Lipinski definition) is 2. The van der Waals surface area contributed by atoms with Crippen LogP contribution in [0.2, 0.25) is 0 Å². The zero-order valence-corrected chi connectivity index (χ0v) is 11.5. The molecule has 0 aliphatic heterocycles. The lowest BCUT2D eigenvalue weighted by atomic mass is 10.1. The minimum Gasteiger partial charge on any atom is -0.441 e. The second-order valence-corrected chi connectivity index (χ2v) is 4.59. The molecule has 0 aliphatic rings. The second kappa shape index (κ2) is 5.78. The van der Waals surface area contributed by atoms with Crippen molar-refractivity contribution in [1.29, 1.82) is 0 Å². The normalized spacial score (nSPS) is 12.2. The molecule has 0 amide bonds. The summed E-state index contributed by atoms with van der Waals surface area (Å²) in [6.07, 6.45) is 2.63. The van der Waals surface area contributed by atoms with Gasteiger partial charge in [0.1, 0.15) is 11.4 Å². The van der Waals surface area contributed by atoms with Gasteiger partial charge < -0.3 is 15.5 Å². The third kappa shape index (κ3) is 2.59. The summed E-state index contributed by atoms with van der Waals surface area (Å²) in [6.45, 7) is -0.167. The Morgan fingerprint density at radius 2 is 2.14 bits per heavy atom. The third-order valence-corrected chi connectivity index (χ3v) is 3.18. The van der Waals surface area contributed by atoms with Gasteiger partial charge in [-0.05, 0) is 5.56 Å². The molecule has 22 heavy (non-hydrogen) atoms. The Morgan fingerprint density at radius 3 is 2.91 bits per heavy atom. The number of ether oxygens (including phenoxy) is 1. The molecule has 0 aliphatic carbocycles. The summed E-state index contributed by atoms with van der Waals surface area (Å²) in [4.78, 5) is 30.0.